The molecule has 8 rings (SSSR count). The number of benzene rings is 4. The first-order valence-corrected chi connectivity index (χ1v) is 19.7. The molecule has 15 nitrogen and oxygen atoms in total. The predicted octanol–water partition coefficient (Wildman–Crippen LogP) is 3.90. The number of aliphatic carboxylic acids is 1. The Morgan fingerprint density at radius 2 is 1.69 bits per heavy atom. The molecule has 0 saturated carbocycles. The molecule has 2 unspecified atom stereocenters. The molecular formula is C40H26ClN3O12S2-2. The number of halogens is 1. The van der Waals surface area contributed by atoms with E-state index in [0.29, 0.717) is 38.3 Å². The highest BCUT2D eigenvalue weighted by Crippen LogP contribution is 2.44. The van der Waals surface area contributed by atoms with Gasteiger partial charge in [0.05, 0.1) is 23.5 Å². The van der Waals surface area contributed by atoms with Crippen molar-refractivity contribution in [2.24, 2.45) is 0 Å². The molecule has 1 aromatic heterocycles. The van der Waals surface area contributed by atoms with Gasteiger partial charge >= 0.3 is 17.6 Å². The highest BCUT2D eigenvalue weighted by molar-refractivity contribution is 8.01. The SMILES string of the molecule is O=C(CNC(=O)c1cc2cc(Cl)c([O-])cc2oc1=O)NC1CN2C(C(=O)O)=C(CSc3ccc(-c4c5ccc(=O)cc-5oc5cc([O-])ccc45)c(C(=O)O)c3)CSC12. The van der Waals surface area contributed by atoms with Crippen molar-refractivity contribution in [3.63, 3.8) is 0 Å². The third-order valence-corrected chi connectivity index (χ3v) is 12.5. The number of carboxylic acid groups (broad SMARTS) is 2. The summed E-state index contributed by atoms with van der Waals surface area (Å²) >= 11 is 8.54. The Hall–Kier alpha value is -6.43. The summed E-state index contributed by atoms with van der Waals surface area (Å²) in [5.74, 6) is -3.97. The minimum atomic E-state index is -1.22. The first-order valence-electron chi connectivity index (χ1n) is 17.3. The minimum Gasteiger partial charge on any atom is -0.872 e. The Balaban J connectivity index is 0.947. The normalized spacial score (nSPS) is 16.3. The molecule has 4 aliphatic rings. The van der Waals surface area contributed by atoms with E-state index in [-0.39, 0.29) is 67.6 Å². The van der Waals surface area contributed by atoms with Crippen LogP contribution in [0, 0.1) is 0 Å². The van der Waals surface area contributed by atoms with Crippen LogP contribution in [0.5, 0.6) is 11.5 Å². The van der Waals surface area contributed by atoms with Gasteiger partial charge in [0.2, 0.25) is 5.91 Å². The molecule has 1 fully saturated rings. The molecule has 4 aromatic rings. The van der Waals surface area contributed by atoms with Gasteiger partial charge in [0.15, 0.2) is 5.43 Å². The van der Waals surface area contributed by atoms with Crippen LogP contribution in [0.4, 0.5) is 0 Å². The summed E-state index contributed by atoms with van der Waals surface area (Å²) in [5, 5.41) is 49.8. The Bertz CT molecular complexity index is 2870. The van der Waals surface area contributed by atoms with E-state index < -0.39 is 53.1 Å². The fourth-order valence-corrected chi connectivity index (χ4v) is 9.60. The maximum absolute atomic E-state index is 12.8. The van der Waals surface area contributed by atoms with E-state index in [9.17, 15) is 49.2 Å². The lowest BCUT2D eigenvalue weighted by molar-refractivity contribution is -0.268. The summed E-state index contributed by atoms with van der Waals surface area (Å²) in [4.78, 5) is 77.5. The average Bonchev–Trinajstić information content (AvgIpc) is 3.17. The number of hydrogen-bond acceptors (Lipinski definition) is 13. The van der Waals surface area contributed by atoms with Gasteiger partial charge in [0.25, 0.3) is 5.91 Å². The molecule has 4 N–H and O–H groups in total. The predicted molar refractivity (Wildman–Crippen MR) is 210 cm³/mol. The summed E-state index contributed by atoms with van der Waals surface area (Å²) in [7, 11) is 0. The molecule has 2 atom stereocenters. The maximum atomic E-state index is 12.8. The molecule has 1 saturated heterocycles. The van der Waals surface area contributed by atoms with Crippen LogP contribution in [0.15, 0.2) is 107 Å². The van der Waals surface area contributed by atoms with Crippen LogP contribution in [-0.2, 0) is 9.59 Å². The summed E-state index contributed by atoms with van der Waals surface area (Å²) in [6.45, 7) is -0.312. The number of carboxylic acids is 2. The van der Waals surface area contributed by atoms with E-state index in [4.69, 9.17) is 20.4 Å². The van der Waals surface area contributed by atoms with Crippen LogP contribution in [0.2, 0.25) is 5.02 Å². The van der Waals surface area contributed by atoms with Crippen LogP contribution < -0.4 is 31.9 Å². The monoisotopic (exact) mass is 839 g/mol. The fourth-order valence-electron chi connectivity index (χ4n) is 6.98. The molecule has 3 aliphatic heterocycles. The van der Waals surface area contributed by atoms with Crippen LogP contribution in [0.1, 0.15) is 20.7 Å². The van der Waals surface area contributed by atoms with E-state index in [1.165, 1.54) is 66.0 Å². The number of thioether (sulfide) groups is 2. The molecule has 0 radical (unpaired) electrons. The number of fused-ring (bicyclic) bond motifs is 4. The van der Waals surface area contributed by atoms with Crippen LogP contribution in [0.3, 0.4) is 0 Å². The number of carbonyl (C=O) groups is 4. The Kier molecular flexibility index (Phi) is 10.0. The zero-order chi connectivity index (χ0) is 41.0. The molecule has 58 heavy (non-hydrogen) atoms. The lowest BCUT2D eigenvalue weighted by atomic mass is 9.91. The van der Waals surface area contributed by atoms with Crippen molar-refractivity contribution >= 4 is 80.8 Å². The second-order valence-electron chi connectivity index (χ2n) is 13.3. The van der Waals surface area contributed by atoms with Crippen LogP contribution >= 0.6 is 35.1 Å². The molecule has 3 aromatic carbocycles. The third-order valence-electron chi connectivity index (χ3n) is 9.65. The second-order valence-corrected chi connectivity index (χ2v) is 15.9. The van der Waals surface area contributed by atoms with Crippen LogP contribution in [0.25, 0.3) is 44.4 Å². The summed E-state index contributed by atoms with van der Waals surface area (Å²) in [5.41, 5.74) is 0.349. The van der Waals surface area contributed by atoms with Crippen molar-refractivity contribution in [3.8, 4) is 33.9 Å². The highest BCUT2D eigenvalue weighted by atomic mass is 35.5. The number of rotatable bonds is 10. The molecule has 2 amide bonds. The van der Waals surface area contributed by atoms with Gasteiger partial charge in [-0.05, 0) is 59.7 Å². The van der Waals surface area contributed by atoms with Gasteiger partial charge < -0.3 is 44.8 Å². The summed E-state index contributed by atoms with van der Waals surface area (Å²) < 4.78 is 10.9. The molecule has 0 spiro atoms. The Morgan fingerprint density at radius 1 is 0.897 bits per heavy atom. The lowest BCUT2D eigenvalue weighted by Gasteiger charge is -2.52. The number of hydrogen-bond donors (Lipinski definition) is 4. The van der Waals surface area contributed by atoms with Crippen molar-refractivity contribution in [1.82, 2.24) is 15.5 Å². The minimum absolute atomic E-state index is 0.0429. The van der Waals surface area contributed by atoms with Gasteiger partial charge in [-0.2, -0.15) is 0 Å². The smallest absolute Gasteiger partial charge is 0.352 e. The molecule has 0 bridgehead atoms. The van der Waals surface area contributed by atoms with Gasteiger partial charge in [-0.1, -0.05) is 35.5 Å². The number of aromatic carboxylic acids is 1. The van der Waals surface area contributed by atoms with E-state index in [0.717, 1.165) is 6.07 Å². The van der Waals surface area contributed by atoms with E-state index in [1.807, 2.05) is 0 Å². The van der Waals surface area contributed by atoms with Gasteiger partial charge in [0, 0.05) is 55.9 Å². The zero-order valence-corrected chi connectivity index (χ0v) is 31.9. The molecular weight excluding hydrogens is 814 g/mol. The van der Waals surface area contributed by atoms with Crippen molar-refractivity contribution in [2.45, 2.75) is 16.3 Å². The molecule has 1 aliphatic carbocycles. The van der Waals surface area contributed by atoms with Crippen molar-refractivity contribution in [2.75, 3.05) is 24.6 Å². The second kappa shape index (κ2) is 15.1. The van der Waals surface area contributed by atoms with Crippen molar-refractivity contribution in [1.29, 1.82) is 0 Å². The van der Waals surface area contributed by atoms with Crippen LogP contribution in [-0.4, -0.2) is 74.9 Å². The number of amides is 2. The first-order chi connectivity index (χ1) is 27.7. The maximum Gasteiger partial charge on any atom is 0.352 e. The zero-order valence-electron chi connectivity index (χ0n) is 29.5. The van der Waals surface area contributed by atoms with E-state index >= 15 is 0 Å². The summed E-state index contributed by atoms with van der Waals surface area (Å²) in [6.07, 6.45) is 0. The van der Waals surface area contributed by atoms with Gasteiger partial charge in [-0.3, -0.25) is 14.4 Å². The average molecular weight is 840 g/mol. The largest absolute Gasteiger partial charge is 0.872 e. The molecule has 294 valence electrons. The topological polar surface area (TPSA) is 243 Å². The molecule has 4 heterocycles. The van der Waals surface area contributed by atoms with Crippen molar-refractivity contribution < 1.29 is 48.4 Å². The first kappa shape index (κ1) is 38.4. The van der Waals surface area contributed by atoms with E-state index in [1.54, 1.807) is 29.2 Å². The summed E-state index contributed by atoms with van der Waals surface area (Å²) in [6, 6.07) is 16.2. The highest BCUT2D eigenvalue weighted by Gasteiger charge is 2.46. The third kappa shape index (κ3) is 7.19. The Morgan fingerprint density at radius 3 is 2.47 bits per heavy atom. The fraction of sp³-hybridized carbons (Fsp3) is 0.150. The number of nitrogens with zero attached hydrogens (tertiary/aromatic N) is 1. The lowest BCUT2D eigenvalue weighted by Crippen LogP contribution is -2.67. The number of carbonyl (C=O) groups excluding carboxylic acids is 2. The van der Waals surface area contributed by atoms with Gasteiger partial charge in [-0.25, -0.2) is 14.4 Å². The van der Waals surface area contributed by atoms with Gasteiger partial charge in [-0.15, -0.1) is 29.3 Å². The molecule has 18 heteroatoms. The standard InChI is InChI=1S/C40H28ClN3O12S2/c41-27-8-17-7-26(40(54)56-30(17)12-29(27)47)36(49)42-13-33(48)43-28-14-44-35(39(52)53)18(16-58-37(28)44)15-57-21-3-6-22(25(11-21)38(50)51)34-23-4-1-19(45)9-31(23)55-32-10-20(46)2-5-24(32)34/h1-12,28,37,45,47H,13-16H2,(H,42,49)(H,43,48)(H,50,51)(H,52,53)/p-2. The van der Waals surface area contributed by atoms with Crippen molar-refractivity contribution in [3.05, 3.63) is 121 Å². The quantitative estimate of drug-likeness (QED) is 0.0869. The van der Waals surface area contributed by atoms with E-state index in [2.05, 4.69) is 10.6 Å². The van der Waals surface area contributed by atoms with Gasteiger partial charge in [0.1, 0.15) is 28.2 Å². The Labute approximate surface area is 339 Å². The number of nitrogens with one attached hydrogen (secondary N) is 2.